The molecule has 108 valence electrons. The van der Waals surface area contributed by atoms with Gasteiger partial charge in [-0.2, -0.15) is 4.31 Å². The van der Waals surface area contributed by atoms with E-state index in [9.17, 15) is 8.42 Å². The van der Waals surface area contributed by atoms with E-state index < -0.39 is 15.6 Å². The van der Waals surface area contributed by atoms with E-state index in [0.717, 1.165) is 5.56 Å². The molecule has 0 fully saturated rings. The molecule has 0 saturated heterocycles. The highest BCUT2D eigenvalue weighted by molar-refractivity contribution is 7.88. The van der Waals surface area contributed by atoms with E-state index in [2.05, 4.69) is 0 Å². The third kappa shape index (κ3) is 3.55. The number of benzene rings is 1. The quantitative estimate of drug-likeness (QED) is 0.832. The Labute approximate surface area is 116 Å². The third-order valence-electron chi connectivity index (χ3n) is 3.97. The van der Waals surface area contributed by atoms with E-state index in [-0.39, 0.29) is 5.75 Å². The van der Waals surface area contributed by atoms with Crippen LogP contribution in [0, 0.1) is 0 Å². The second-order valence-corrected chi connectivity index (χ2v) is 6.85. The highest BCUT2D eigenvalue weighted by atomic mass is 32.2. The Balaban J connectivity index is 3.00. The van der Waals surface area contributed by atoms with Crippen LogP contribution < -0.4 is 5.73 Å². The van der Waals surface area contributed by atoms with E-state index >= 15 is 0 Å². The summed E-state index contributed by atoms with van der Waals surface area (Å²) in [5, 5.41) is 0. The molecule has 0 aliphatic heterocycles. The maximum absolute atomic E-state index is 12.5. The Morgan fingerprint density at radius 2 is 1.68 bits per heavy atom. The van der Waals surface area contributed by atoms with Crippen molar-refractivity contribution in [3.63, 3.8) is 0 Å². The predicted octanol–water partition coefficient (Wildman–Crippen LogP) is 1.97. The van der Waals surface area contributed by atoms with Crippen LogP contribution in [0.25, 0.3) is 0 Å². The van der Waals surface area contributed by atoms with Crippen LogP contribution in [-0.4, -0.2) is 31.9 Å². The van der Waals surface area contributed by atoms with E-state index in [1.807, 2.05) is 44.2 Å². The van der Waals surface area contributed by atoms with Crippen molar-refractivity contribution in [3.05, 3.63) is 35.9 Å². The monoisotopic (exact) mass is 284 g/mol. The van der Waals surface area contributed by atoms with Crippen LogP contribution in [0.5, 0.6) is 0 Å². The summed E-state index contributed by atoms with van der Waals surface area (Å²) in [4.78, 5) is 0. The molecule has 0 atom stereocenters. The van der Waals surface area contributed by atoms with Crippen LogP contribution in [0.1, 0.15) is 32.3 Å². The summed E-state index contributed by atoms with van der Waals surface area (Å²) in [6.45, 7) is 4.29. The van der Waals surface area contributed by atoms with Crippen LogP contribution in [0.3, 0.4) is 0 Å². The normalized spacial score (nSPS) is 12.9. The van der Waals surface area contributed by atoms with Crippen molar-refractivity contribution in [1.82, 2.24) is 4.31 Å². The Morgan fingerprint density at radius 3 is 2.11 bits per heavy atom. The topological polar surface area (TPSA) is 63.4 Å². The molecule has 0 bridgehead atoms. The van der Waals surface area contributed by atoms with E-state index in [1.54, 1.807) is 7.05 Å². The molecule has 4 nitrogen and oxygen atoms in total. The minimum Gasteiger partial charge on any atom is -0.329 e. The minimum absolute atomic E-state index is 0.0199. The van der Waals surface area contributed by atoms with Gasteiger partial charge >= 0.3 is 0 Å². The largest absolute Gasteiger partial charge is 0.329 e. The fraction of sp³-hybridized carbons (Fsp3) is 0.571. The predicted molar refractivity (Wildman–Crippen MR) is 79.2 cm³/mol. The maximum atomic E-state index is 12.5. The first-order chi connectivity index (χ1) is 8.91. The molecular formula is C14H24N2O2S. The van der Waals surface area contributed by atoms with Gasteiger partial charge in [-0.25, -0.2) is 8.42 Å². The fourth-order valence-corrected chi connectivity index (χ4v) is 4.02. The zero-order chi connectivity index (χ0) is 14.5. The molecule has 5 heteroatoms. The van der Waals surface area contributed by atoms with Crippen LogP contribution in [0.4, 0.5) is 0 Å². The van der Waals surface area contributed by atoms with Gasteiger partial charge in [0.05, 0.1) is 5.75 Å². The zero-order valence-electron chi connectivity index (χ0n) is 12.0. The first-order valence-corrected chi connectivity index (χ1v) is 8.23. The van der Waals surface area contributed by atoms with Crippen molar-refractivity contribution in [1.29, 1.82) is 0 Å². The molecule has 0 heterocycles. The molecule has 0 amide bonds. The van der Waals surface area contributed by atoms with Crippen molar-refractivity contribution < 1.29 is 8.42 Å². The summed E-state index contributed by atoms with van der Waals surface area (Å²) in [5.74, 6) is 0.0199. The second kappa shape index (κ2) is 6.50. The van der Waals surface area contributed by atoms with Crippen LogP contribution in [0.2, 0.25) is 0 Å². The molecule has 0 aliphatic carbocycles. The van der Waals surface area contributed by atoms with Gasteiger partial charge in [0.25, 0.3) is 0 Å². The Bertz CT molecular complexity index is 473. The van der Waals surface area contributed by atoms with Gasteiger partial charge < -0.3 is 5.73 Å². The van der Waals surface area contributed by atoms with Gasteiger partial charge in [0.15, 0.2) is 0 Å². The van der Waals surface area contributed by atoms with Crippen molar-refractivity contribution in [2.75, 3.05) is 13.6 Å². The van der Waals surface area contributed by atoms with Gasteiger partial charge in [-0.15, -0.1) is 0 Å². The average Bonchev–Trinajstić information content (AvgIpc) is 2.42. The van der Waals surface area contributed by atoms with Gasteiger partial charge in [-0.1, -0.05) is 44.2 Å². The van der Waals surface area contributed by atoms with Crippen LogP contribution >= 0.6 is 0 Å². The lowest BCUT2D eigenvalue weighted by atomic mass is 9.93. The standard InChI is InChI=1S/C14H24N2O2S/c1-4-14(5-2,12-15)16(3)19(17,18)11-13-9-7-6-8-10-13/h6-10H,4-5,11-12,15H2,1-3H3. The van der Waals surface area contributed by atoms with Crippen molar-refractivity contribution in [2.45, 2.75) is 38.0 Å². The Morgan fingerprint density at radius 1 is 1.16 bits per heavy atom. The van der Waals surface area contributed by atoms with Crippen molar-refractivity contribution in [2.24, 2.45) is 5.73 Å². The molecule has 1 aromatic rings. The van der Waals surface area contributed by atoms with Gasteiger partial charge in [-0.05, 0) is 18.4 Å². The number of sulfonamides is 1. The number of likely N-dealkylation sites (N-methyl/N-ethyl adjacent to an activating group) is 1. The molecule has 0 spiro atoms. The number of nitrogens with zero attached hydrogens (tertiary/aromatic N) is 1. The molecule has 1 rings (SSSR count). The molecule has 19 heavy (non-hydrogen) atoms. The number of hydrogen-bond acceptors (Lipinski definition) is 3. The summed E-state index contributed by atoms with van der Waals surface area (Å²) in [6.07, 6.45) is 1.43. The summed E-state index contributed by atoms with van der Waals surface area (Å²) in [6, 6.07) is 9.23. The first kappa shape index (κ1) is 16.1. The molecule has 1 aromatic carbocycles. The summed E-state index contributed by atoms with van der Waals surface area (Å²) >= 11 is 0. The lowest BCUT2D eigenvalue weighted by molar-refractivity contribution is 0.207. The van der Waals surface area contributed by atoms with Crippen LogP contribution in [-0.2, 0) is 15.8 Å². The van der Waals surface area contributed by atoms with Gasteiger partial charge in [0, 0.05) is 19.1 Å². The van der Waals surface area contributed by atoms with Crippen LogP contribution in [0.15, 0.2) is 30.3 Å². The summed E-state index contributed by atoms with van der Waals surface area (Å²) in [5.41, 5.74) is 6.13. The number of rotatable bonds is 7. The molecule has 0 radical (unpaired) electrons. The molecule has 0 aromatic heterocycles. The minimum atomic E-state index is -3.35. The summed E-state index contributed by atoms with van der Waals surface area (Å²) < 4.78 is 26.5. The van der Waals surface area contributed by atoms with Crippen molar-refractivity contribution in [3.8, 4) is 0 Å². The highest BCUT2D eigenvalue weighted by Crippen LogP contribution is 2.26. The average molecular weight is 284 g/mol. The SMILES string of the molecule is CCC(CC)(CN)N(C)S(=O)(=O)Cc1ccccc1. The molecule has 0 unspecified atom stereocenters. The number of nitrogens with two attached hydrogens (primary N) is 1. The van der Waals surface area contributed by atoms with Gasteiger partial charge in [0.1, 0.15) is 0 Å². The van der Waals surface area contributed by atoms with Gasteiger partial charge in [0.2, 0.25) is 10.0 Å². The molecular weight excluding hydrogens is 260 g/mol. The smallest absolute Gasteiger partial charge is 0.218 e. The first-order valence-electron chi connectivity index (χ1n) is 6.62. The van der Waals surface area contributed by atoms with E-state index in [0.29, 0.717) is 19.4 Å². The zero-order valence-corrected chi connectivity index (χ0v) is 12.8. The van der Waals surface area contributed by atoms with Crippen molar-refractivity contribution >= 4 is 10.0 Å². The highest BCUT2D eigenvalue weighted by Gasteiger charge is 2.36. The Kier molecular flexibility index (Phi) is 5.52. The van der Waals surface area contributed by atoms with E-state index in [4.69, 9.17) is 5.73 Å². The molecule has 0 saturated carbocycles. The number of hydrogen-bond donors (Lipinski definition) is 1. The Hall–Kier alpha value is -0.910. The summed E-state index contributed by atoms with van der Waals surface area (Å²) in [7, 11) is -1.72. The van der Waals surface area contributed by atoms with Gasteiger partial charge in [-0.3, -0.25) is 0 Å². The third-order valence-corrected chi connectivity index (χ3v) is 5.89. The fourth-order valence-electron chi connectivity index (χ4n) is 2.29. The maximum Gasteiger partial charge on any atom is 0.218 e. The van der Waals surface area contributed by atoms with E-state index in [1.165, 1.54) is 4.31 Å². The lowest BCUT2D eigenvalue weighted by Gasteiger charge is -2.38. The second-order valence-electron chi connectivity index (χ2n) is 4.84. The molecule has 2 N–H and O–H groups in total. The molecule has 0 aliphatic rings. The lowest BCUT2D eigenvalue weighted by Crippen LogP contribution is -2.53.